The number of hydrogen-bond donors (Lipinski definition) is 2. The molecule has 0 unspecified atom stereocenters. The zero-order chi connectivity index (χ0) is 13.9. The molecule has 1 aromatic heterocycles. The van der Waals surface area contributed by atoms with Crippen LogP contribution in [0.1, 0.15) is 58.1 Å². The van der Waals surface area contributed by atoms with Gasteiger partial charge in [-0.25, -0.2) is 0 Å². The Balaban J connectivity index is 1.92. The van der Waals surface area contributed by atoms with E-state index >= 15 is 0 Å². The lowest BCUT2D eigenvalue weighted by Crippen LogP contribution is -2.50. The summed E-state index contributed by atoms with van der Waals surface area (Å²) in [6, 6.07) is 0.399. The average molecular weight is 265 g/mol. The van der Waals surface area contributed by atoms with Crippen LogP contribution in [-0.4, -0.2) is 27.0 Å². The van der Waals surface area contributed by atoms with Gasteiger partial charge >= 0.3 is 0 Å². The normalized spacial score (nSPS) is 27.9. The van der Waals surface area contributed by atoms with Crippen molar-refractivity contribution >= 4 is 0 Å². The van der Waals surface area contributed by atoms with Gasteiger partial charge < -0.3 is 10.4 Å². The SMILES string of the molecule is CC1CCC(CO)(NCc2cnn(C(C)C)c2)CC1. The van der Waals surface area contributed by atoms with Crippen molar-refractivity contribution in [2.45, 2.75) is 64.6 Å². The number of aliphatic hydroxyl groups excluding tert-OH is 1. The van der Waals surface area contributed by atoms with Crippen molar-refractivity contribution in [2.75, 3.05) is 6.61 Å². The molecule has 0 bridgehead atoms. The Hall–Kier alpha value is -0.870. The summed E-state index contributed by atoms with van der Waals surface area (Å²) in [7, 11) is 0. The molecule has 0 atom stereocenters. The van der Waals surface area contributed by atoms with Gasteiger partial charge in [-0.3, -0.25) is 4.68 Å². The van der Waals surface area contributed by atoms with E-state index < -0.39 is 0 Å². The molecule has 108 valence electrons. The van der Waals surface area contributed by atoms with Crippen LogP contribution in [0.2, 0.25) is 0 Å². The Morgan fingerprint density at radius 1 is 1.47 bits per heavy atom. The first-order valence-electron chi connectivity index (χ1n) is 7.43. The zero-order valence-corrected chi connectivity index (χ0v) is 12.4. The van der Waals surface area contributed by atoms with E-state index in [4.69, 9.17) is 0 Å². The summed E-state index contributed by atoms with van der Waals surface area (Å²) >= 11 is 0. The Morgan fingerprint density at radius 2 is 2.16 bits per heavy atom. The lowest BCUT2D eigenvalue weighted by Gasteiger charge is -2.39. The maximum Gasteiger partial charge on any atom is 0.0613 e. The van der Waals surface area contributed by atoms with Crippen LogP contribution in [0.4, 0.5) is 0 Å². The second-order valence-corrected chi connectivity index (χ2v) is 6.40. The van der Waals surface area contributed by atoms with Gasteiger partial charge in [0.15, 0.2) is 0 Å². The van der Waals surface area contributed by atoms with E-state index in [-0.39, 0.29) is 12.1 Å². The van der Waals surface area contributed by atoms with Crippen molar-refractivity contribution in [3.63, 3.8) is 0 Å². The first kappa shape index (κ1) is 14.5. The van der Waals surface area contributed by atoms with Crippen LogP contribution in [-0.2, 0) is 6.54 Å². The van der Waals surface area contributed by atoms with Gasteiger partial charge in [-0.05, 0) is 45.4 Å². The summed E-state index contributed by atoms with van der Waals surface area (Å²) in [5.74, 6) is 0.796. The molecule has 2 rings (SSSR count). The minimum atomic E-state index is -0.0769. The number of nitrogens with one attached hydrogen (secondary N) is 1. The highest BCUT2D eigenvalue weighted by Crippen LogP contribution is 2.31. The second kappa shape index (κ2) is 6.06. The summed E-state index contributed by atoms with van der Waals surface area (Å²) in [5, 5.41) is 17.6. The number of rotatable bonds is 5. The van der Waals surface area contributed by atoms with Crippen molar-refractivity contribution in [2.24, 2.45) is 5.92 Å². The predicted molar refractivity (Wildman–Crippen MR) is 76.9 cm³/mol. The van der Waals surface area contributed by atoms with Crippen molar-refractivity contribution in [3.05, 3.63) is 18.0 Å². The molecule has 4 nitrogen and oxygen atoms in total. The number of nitrogens with zero attached hydrogens (tertiary/aromatic N) is 2. The van der Waals surface area contributed by atoms with Crippen LogP contribution in [0.25, 0.3) is 0 Å². The first-order chi connectivity index (χ1) is 9.04. The maximum absolute atomic E-state index is 9.72. The van der Waals surface area contributed by atoms with E-state index in [9.17, 15) is 5.11 Å². The minimum absolute atomic E-state index is 0.0769. The Bertz CT molecular complexity index is 392. The monoisotopic (exact) mass is 265 g/mol. The van der Waals surface area contributed by atoms with Gasteiger partial charge in [-0.15, -0.1) is 0 Å². The number of hydrogen-bond acceptors (Lipinski definition) is 3. The molecule has 0 aliphatic heterocycles. The molecule has 0 amide bonds. The van der Waals surface area contributed by atoms with E-state index in [0.717, 1.165) is 25.3 Å². The minimum Gasteiger partial charge on any atom is -0.394 e. The highest BCUT2D eigenvalue weighted by atomic mass is 16.3. The van der Waals surface area contributed by atoms with Crippen LogP contribution in [0.3, 0.4) is 0 Å². The van der Waals surface area contributed by atoms with Crippen molar-refractivity contribution in [1.82, 2.24) is 15.1 Å². The fourth-order valence-electron chi connectivity index (χ4n) is 2.75. The van der Waals surface area contributed by atoms with E-state index in [1.807, 2.05) is 10.9 Å². The van der Waals surface area contributed by atoms with E-state index in [1.54, 1.807) is 0 Å². The summed E-state index contributed by atoms with van der Waals surface area (Å²) in [5.41, 5.74) is 1.12. The second-order valence-electron chi connectivity index (χ2n) is 6.40. The van der Waals surface area contributed by atoms with Gasteiger partial charge in [0.05, 0.1) is 12.8 Å². The molecule has 1 aliphatic carbocycles. The zero-order valence-electron chi connectivity index (χ0n) is 12.4. The molecule has 0 spiro atoms. The Labute approximate surface area is 116 Å². The third-order valence-corrected chi connectivity index (χ3v) is 4.39. The summed E-state index contributed by atoms with van der Waals surface area (Å²) < 4.78 is 1.98. The number of aromatic nitrogens is 2. The largest absolute Gasteiger partial charge is 0.394 e. The number of aliphatic hydroxyl groups is 1. The van der Waals surface area contributed by atoms with Crippen LogP contribution in [0.5, 0.6) is 0 Å². The predicted octanol–water partition coefficient (Wildman–Crippen LogP) is 2.49. The van der Waals surface area contributed by atoms with Gasteiger partial charge in [0.25, 0.3) is 0 Å². The third kappa shape index (κ3) is 3.57. The summed E-state index contributed by atoms with van der Waals surface area (Å²) in [6.45, 7) is 7.58. The molecule has 1 heterocycles. The summed E-state index contributed by atoms with van der Waals surface area (Å²) in [4.78, 5) is 0. The molecule has 4 heteroatoms. The van der Waals surface area contributed by atoms with Gasteiger partial charge in [0, 0.05) is 29.9 Å². The molecule has 1 aliphatic rings. The lowest BCUT2D eigenvalue weighted by atomic mass is 9.77. The molecule has 2 N–H and O–H groups in total. The van der Waals surface area contributed by atoms with Crippen molar-refractivity contribution in [3.8, 4) is 0 Å². The van der Waals surface area contributed by atoms with E-state index in [2.05, 4.69) is 37.4 Å². The molecule has 1 saturated carbocycles. The molecular formula is C15H27N3O. The fraction of sp³-hybridized carbons (Fsp3) is 0.800. The Morgan fingerprint density at radius 3 is 2.68 bits per heavy atom. The summed E-state index contributed by atoms with van der Waals surface area (Å²) in [6.07, 6.45) is 8.57. The van der Waals surface area contributed by atoms with Gasteiger partial charge in [-0.2, -0.15) is 5.10 Å². The molecule has 1 aromatic rings. The average Bonchev–Trinajstić information content (AvgIpc) is 2.88. The fourth-order valence-corrected chi connectivity index (χ4v) is 2.75. The van der Waals surface area contributed by atoms with Crippen molar-refractivity contribution in [1.29, 1.82) is 0 Å². The topological polar surface area (TPSA) is 50.1 Å². The smallest absolute Gasteiger partial charge is 0.0613 e. The van der Waals surface area contributed by atoms with Crippen LogP contribution in [0.15, 0.2) is 12.4 Å². The highest BCUT2D eigenvalue weighted by Gasteiger charge is 2.32. The molecule has 1 fully saturated rings. The standard InChI is InChI=1S/C15H27N3O/c1-12(2)18-10-14(9-17-18)8-16-15(11-19)6-4-13(3)5-7-15/h9-10,12-13,16,19H,4-8,11H2,1-3H3. The van der Waals surface area contributed by atoms with Gasteiger partial charge in [-0.1, -0.05) is 6.92 Å². The van der Waals surface area contributed by atoms with Gasteiger partial charge in [0.1, 0.15) is 0 Å². The quantitative estimate of drug-likeness (QED) is 0.860. The van der Waals surface area contributed by atoms with E-state index in [0.29, 0.717) is 6.04 Å². The lowest BCUT2D eigenvalue weighted by molar-refractivity contribution is 0.104. The molecule has 0 radical (unpaired) electrons. The first-order valence-corrected chi connectivity index (χ1v) is 7.43. The maximum atomic E-state index is 9.72. The van der Waals surface area contributed by atoms with Crippen LogP contribution in [0, 0.1) is 5.92 Å². The van der Waals surface area contributed by atoms with Crippen LogP contribution >= 0.6 is 0 Å². The van der Waals surface area contributed by atoms with Gasteiger partial charge in [0.2, 0.25) is 0 Å². The van der Waals surface area contributed by atoms with Crippen molar-refractivity contribution < 1.29 is 5.11 Å². The third-order valence-electron chi connectivity index (χ3n) is 4.39. The Kier molecular flexibility index (Phi) is 4.63. The van der Waals surface area contributed by atoms with E-state index in [1.165, 1.54) is 18.4 Å². The molecule has 19 heavy (non-hydrogen) atoms. The van der Waals surface area contributed by atoms with Crippen LogP contribution < -0.4 is 5.32 Å². The molecular weight excluding hydrogens is 238 g/mol. The highest BCUT2D eigenvalue weighted by molar-refractivity contribution is 5.05. The molecule has 0 aromatic carbocycles. The molecule has 0 saturated heterocycles.